The van der Waals surface area contributed by atoms with Crippen molar-refractivity contribution in [2.24, 2.45) is 0 Å². The van der Waals surface area contributed by atoms with Crippen LogP contribution in [0.3, 0.4) is 0 Å². The molecule has 9 heteroatoms. The maximum absolute atomic E-state index is 14.2. The Kier molecular flexibility index (Phi) is 4.55. The van der Waals surface area contributed by atoms with E-state index in [0.29, 0.717) is 13.0 Å². The fourth-order valence-electron chi connectivity index (χ4n) is 3.29. The number of rotatable bonds is 3. The predicted molar refractivity (Wildman–Crippen MR) is 90.4 cm³/mol. The molecule has 1 amide bonds. The molecule has 0 N–H and O–H groups in total. The molecule has 0 bridgehead atoms. The van der Waals surface area contributed by atoms with Crippen LogP contribution in [0.1, 0.15) is 13.3 Å². The van der Waals surface area contributed by atoms with Gasteiger partial charge in [-0.05, 0) is 19.4 Å². The number of carbonyl (C=O) groups is 1. The third kappa shape index (κ3) is 2.90. The second kappa shape index (κ2) is 6.51. The molecule has 2 atom stereocenters. The van der Waals surface area contributed by atoms with E-state index >= 15 is 0 Å². The molecule has 1 aliphatic rings. The van der Waals surface area contributed by atoms with Gasteiger partial charge in [0.2, 0.25) is 5.91 Å². The summed E-state index contributed by atoms with van der Waals surface area (Å²) in [7, 11) is 1.72. The lowest BCUT2D eigenvalue weighted by molar-refractivity contribution is -0.126. The molecule has 25 heavy (non-hydrogen) atoms. The number of halogens is 3. The van der Waals surface area contributed by atoms with Gasteiger partial charge < -0.3 is 9.80 Å². The SMILES string of the molecule is C=CC(=O)N1CC[C@@H](N(C)c2nc(F)nc3c(F)c(Cl)ncc23)[C@H]1C. The normalized spacial score (nSPS) is 20.1. The van der Waals surface area contributed by atoms with Crippen LogP contribution >= 0.6 is 11.6 Å². The van der Waals surface area contributed by atoms with Gasteiger partial charge in [0.05, 0.1) is 11.4 Å². The maximum atomic E-state index is 14.2. The number of carbonyl (C=O) groups excluding carboxylic acids is 1. The summed E-state index contributed by atoms with van der Waals surface area (Å²) in [6, 6.07) is -0.270. The fraction of sp³-hybridized carbons (Fsp3) is 0.375. The van der Waals surface area contributed by atoms with Crippen LogP contribution in [0.15, 0.2) is 18.9 Å². The number of aromatic nitrogens is 3. The Bertz CT molecular complexity index is 862. The van der Waals surface area contributed by atoms with Crippen molar-refractivity contribution in [3.63, 3.8) is 0 Å². The standard InChI is InChI=1S/C16H16ClF2N5O/c1-4-11(25)24-6-5-10(8(24)2)23(3)15-9-7-20-14(17)12(18)13(9)21-16(19)22-15/h4,7-8,10H,1,5-6H2,2-3H3/t8-,10-/m1/s1. The van der Waals surface area contributed by atoms with Crippen LogP contribution in [0.4, 0.5) is 14.6 Å². The Morgan fingerprint density at radius 1 is 1.48 bits per heavy atom. The van der Waals surface area contributed by atoms with Crippen LogP contribution in [0.2, 0.25) is 5.15 Å². The number of hydrogen-bond donors (Lipinski definition) is 0. The zero-order valence-corrected chi connectivity index (χ0v) is 14.5. The summed E-state index contributed by atoms with van der Waals surface area (Å²) in [5, 5.41) is -0.123. The third-order valence-electron chi connectivity index (χ3n) is 4.60. The van der Waals surface area contributed by atoms with E-state index in [9.17, 15) is 13.6 Å². The van der Waals surface area contributed by atoms with E-state index in [-0.39, 0.29) is 39.9 Å². The molecular formula is C16H16ClF2N5O. The summed E-state index contributed by atoms with van der Waals surface area (Å²) in [5.74, 6) is -0.852. The molecular weight excluding hydrogens is 352 g/mol. The quantitative estimate of drug-likeness (QED) is 0.474. The second-order valence-corrected chi connectivity index (χ2v) is 6.24. The van der Waals surface area contributed by atoms with E-state index in [2.05, 4.69) is 21.5 Å². The van der Waals surface area contributed by atoms with E-state index in [1.54, 1.807) is 16.8 Å². The predicted octanol–water partition coefficient (Wildman–Crippen LogP) is 2.57. The van der Waals surface area contributed by atoms with Crippen molar-refractivity contribution in [3.8, 4) is 0 Å². The summed E-state index contributed by atoms with van der Waals surface area (Å²) in [6.07, 6.45) is 2.19. The lowest BCUT2D eigenvalue weighted by Gasteiger charge is -2.31. The molecule has 1 saturated heterocycles. The molecule has 1 fully saturated rings. The van der Waals surface area contributed by atoms with Crippen molar-refractivity contribution >= 4 is 34.2 Å². The van der Waals surface area contributed by atoms with Crippen LogP contribution in [-0.2, 0) is 4.79 Å². The molecule has 2 aromatic rings. The fourth-order valence-corrected chi connectivity index (χ4v) is 3.43. The Labute approximate surface area is 148 Å². The minimum Gasteiger partial charge on any atom is -0.354 e. The summed E-state index contributed by atoms with van der Waals surface area (Å²) < 4.78 is 28.0. The molecule has 0 unspecified atom stereocenters. The Hall–Kier alpha value is -2.35. The summed E-state index contributed by atoms with van der Waals surface area (Å²) >= 11 is 5.66. The van der Waals surface area contributed by atoms with Gasteiger partial charge >= 0.3 is 6.08 Å². The number of pyridine rings is 1. The highest BCUT2D eigenvalue weighted by atomic mass is 35.5. The van der Waals surface area contributed by atoms with Gasteiger partial charge in [-0.2, -0.15) is 14.4 Å². The number of fused-ring (bicyclic) bond motifs is 1. The minimum absolute atomic E-state index is 0.125. The van der Waals surface area contributed by atoms with Crippen molar-refractivity contribution in [1.82, 2.24) is 19.9 Å². The Balaban J connectivity index is 2.03. The van der Waals surface area contributed by atoms with Gasteiger partial charge in [0.25, 0.3) is 0 Å². The minimum atomic E-state index is -1.06. The van der Waals surface area contributed by atoms with E-state index in [1.807, 2.05) is 6.92 Å². The van der Waals surface area contributed by atoms with Crippen LogP contribution in [0.25, 0.3) is 10.9 Å². The highest BCUT2D eigenvalue weighted by Crippen LogP contribution is 2.31. The van der Waals surface area contributed by atoms with E-state index in [0.717, 1.165) is 0 Å². The Morgan fingerprint density at radius 3 is 2.88 bits per heavy atom. The van der Waals surface area contributed by atoms with E-state index < -0.39 is 11.9 Å². The molecule has 6 nitrogen and oxygen atoms in total. The molecule has 0 radical (unpaired) electrons. The first kappa shape index (κ1) is 17.5. The third-order valence-corrected chi connectivity index (χ3v) is 4.86. The molecule has 3 heterocycles. The highest BCUT2D eigenvalue weighted by Gasteiger charge is 2.36. The first-order valence-corrected chi connectivity index (χ1v) is 8.06. The summed E-state index contributed by atoms with van der Waals surface area (Å²) in [5.41, 5.74) is -0.223. The van der Waals surface area contributed by atoms with E-state index in [4.69, 9.17) is 11.6 Å². The molecule has 1 aliphatic heterocycles. The molecule has 0 saturated carbocycles. The number of nitrogens with zero attached hydrogens (tertiary/aromatic N) is 5. The lowest BCUT2D eigenvalue weighted by atomic mass is 10.1. The Morgan fingerprint density at radius 2 is 2.20 bits per heavy atom. The summed E-state index contributed by atoms with van der Waals surface area (Å²) in [6.45, 7) is 5.94. The van der Waals surface area contributed by atoms with Crippen molar-refractivity contribution in [2.45, 2.75) is 25.4 Å². The zero-order valence-electron chi connectivity index (χ0n) is 13.7. The van der Waals surface area contributed by atoms with Gasteiger partial charge in [-0.15, -0.1) is 0 Å². The zero-order chi connectivity index (χ0) is 18.3. The van der Waals surface area contributed by atoms with E-state index in [1.165, 1.54) is 12.3 Å². The molecule has 0 spiro atoms. The van der Waals surface area contributed by atoms with Gasteiger partial charge in [-0.25, -0.2) is 9.37 Å². The number of likely N-dealkylation sites (N-methyl/N-ethyl adjacent to an activating group) is 1. The first-order valence-electron chi connectivity index (χ1n) is 7.68. The maximum Gasteiger partial charge on any atom is 0.311 e. The van der Waals surface area contributed by atoms with Gasteiger partial charge in [0.1, 0.15) is 11.3 Å². The van der Waals surface area contributed by atoms with Crippen molar-refractivity contribution in [1.29, 1.82) is 0 Å². The van der Waals surface area contributed by atoms with Crippen LogP contribution in [0, 0.1) is 11.9 Å². The van der Waals surface area contributed by atoms with Crippen LogP contribution in [0.5, 0.6) is 0 Å². The second-order valence-electron chi connectivity index (χ2n) is 5.88. The summed E-state index contributed by atoms with van der Waals surface area (Å²) in [4.78, 5) is 26.4. The molecule has 2 aromatic heterocycles. The number of anilines is 1. The average molecular weight is 368 g/mol. The van der Waals surface area contributed by atoms with Gasteiger partial charge in [0.15, 0.2) is 11.0 Å². The monoisotopic (exact) mass is 367 g/mol. The molecule has 3 rings (SSSR count). The van der Waals surface area contributed by atoms with Gasteiger partial charge in [0, 0.05) is 25.8 Å². The van der Waals surface area contributed by atoms with Gasteiger partial charge in [-0.3, -0.25) is 4.79 Å². The molecule has 132 valence electrons. The average Bonchev–Trinajstić information content (AvgIpc) is 2.98. The lowest BCUT2D eigenvalue weighted by Crippen LogP contribution is -2.43. The van der Waals surface area contributed by atoms with Crippen molar-refractivity contribution in [3.05, 3.63) is 35.9 Å². The highest BCUT2D eigenvalue weighted by molar-refractivity contribution is 6.30. The van der Waals surface area contributed by atoms with Crippen LogP contribution in [-0.4, -0.2) is 51.4 Å². The van der Waals surface area contributed by atoms with Crippen LogP contribution < -0.4 is 4.90 Å². The van der Waals surface area contributed by atoms with Crippen molar-refractivity contribution in [2.75, 3.05) is 18.5 Å². The molecule has 0 aromatic carbocycles. The smallest absolute Gasteiger partial charge is 0.311 e. The largest absolute Gasteiger partial charge is 0.354 e. The number of hydrogen-bond acceptors (Lipinski definition) is 5. The number of likely N-dealkylation sites (tertiary alicyclic amines) is 1. The topological polar surface area (TPSA) is 62.2 Å². The van der Waals surface area contributed by atoms with Gasteiger partial charge in [-0.1, -0.05) is 18.2 Å². The molecule has 0 aliphatic carbocycles. The van der Waals surface area contributed by atoms with Crippen molar-refractivity contribution < 1.29 is 13.6 Å². The first-order chi connectivity index (χ1) is 11.8. The number of amides is 1.